The number of piperazine rings is 1. The number of nitrogens with zero attached hydrogens (tertiary/aromatic N) is 3. The number of benzene rings is 2. The molecule has 0 aromatic heterocycles. The molecule has 0 aliphatic carbocycles. The molecule has 1 N–H and O–H groups in total. The van der Waals surface area contributed by atoms with Crippen LogP contribution in [0.25, 0.3) is 6.08 Å². The number of ether oxygens (including phenoxy) is 3. The second kappa shape index (κ2) is 18.0. The average molecular weight is 581 g/mol. The molecule has 2 aromatic rings. The van der Waals surface area contributed by atoms with Crippen LogP contribution in [0.1, 0.15) is 51.0 Å². The van der Waals surface area contributed by atoms with E-state index >= 15 is 0 Å². The zero-order chi connectivity index (χ0) is 30.2. The third kappa shape index (κ3) is 10.3. The standard InChI is InChI=1S/C33H48N4O5/c1-5-6-7-8-9-16-32(38)36(19-12-14-27-13-10-11-15-30(27)41-3)23-20-35-21-24-37(25-22-35)33(39)34-29-18-17-28(40-2)26-31(29)42-4/h10-15,17-18,26H,5-9,16,19-25H2,1-4H3,(H,34,39)/b14-12+. The van der Waals surface area contributed by atoms with E-state index in [-0.39, 0.29) is 11.9 Å². The summed E-state index contributed by atoms with van der Waals surface area (Å²) in [7, 11) is 4.83. The van der Waals surface area contributed by atoms with Crippen LogP contribution in [0.3, 0.4) is 0 Å². The Balaban J connectivity index is 1.52. The first-order chi connectivity index (χ1) is 20.5. The number of methoxy groups -OCH3 is 3. The Morgan fingerprint density at radius 2 is 1.64 bits per heavy atom. The van der Waals surface area contributed by atoms with Crippen molar-refractivity contribution in [1.29, 1.82) is 0 Å². The van der Waals surface area contributed by atoms with Crippen molar-refractivity contribution in [3.05, 3.63) is 54.1 Å². The summed E-state index contributed by atoms with van der Waals surface area (Å²) in [4.78, 5) is 32.2. The van der Waals surface area contributed by atoms with Crippen LogP contribution in [0.2, 0.25) is 0 Å². The zero-order valence-corrected chi connectivity index (χ0v) is 25.8. The topological polar surface area (TPSA) is 83.6 Å². The molecule has 42 heavy (non-hydrogen) atoms. The molecular weight excluding hydrogens is 532 g/mol. The summed E-state index contributed by atoms with van der Waals surface area (Å²) >= 11 is 0. The summed E-state index contributed by atoms with van der Waals surface area (Å²) < 4.78 is 16.1. The fraction of sp³-hybridized carbons (Fsp3) is 0.515. The molecule has 0 unspecified atom stereocenters. The second-order valence-electron chi connectivity index (χ2n) is 10.5. The van der Waals surface area contributed by atoms with Crippen molar-refractivity contribution in [1.82, 2.24) is 14.7 Å². The molecule has 0 saturated carbocycles. The van der Waals surface area contributed by atoms with Gasteiger partial charge in [0.15, 0.2) is 0 Å². The van der Waals surface area contributed by atoms with Gasteiger partial charge in [-0.05, 0) is 24.6 Å². The van der Waals surface area contributed by atoms with Gasteiger partial charge in [0.25, 0.3) is 0 Å². The van der Waals surface area contributed by atoms with Crippen LogP contribution in [0.4, 0.5) is 10.5 Å². The van der Waals surface area contributed by atoms with Crippen LogP contribution in [-0.4, -0.2) is 93.8 Å². The molecule has 1 saturated heterocycles. The van der Waals surface area contributed by atoms with Crippen LogP contribution in [-0.2, 0) is 4.79 Å². The Kier molecular flexibility index (Phi) is 14.0. The van der Waals surface area contributed by atoms with Gasteiger partial charge in [0, 0.05) is 63.9 Å². The highest BCUT2D eigenvalue weighted by atomic mass is 16.5. The van der Waals surface area contributed by atoms with Crippen molar-refractivity contribution >= 4 is 23.7 Å². The monoisotopic (exact) mass is 580 g/mol. The molecule has 0 radical (unpaired) electrons. The van der Waals surface area contributed by atoms with E-state index in [1.165, 1.54) is 19.3 Å². The van der Waals surface area contributed by atoms with Crippen molar-refractivity contribution < 1.29 is 23.8 Å². The summed E-state index contributed by atoms with van der Waals surface area (Å²) in [5, 5.41) is 2.96. The Bertz CT molecular complexity index is 1150. The van der Waals surface area contributed by atoms with Crippen LogP contribution in [0.5, 0.6) is 17.2 Å². The summed E-state index contributed by atoms with van der Waals surface area (Å²) in [6, 6.07) is 13.0. The predicted molar refractivity (Wildman–Crippen MR) is 169 cm³/mol. The Morgan fingerprint density at radius 1 is 0.905 bits per heavy atom. The predicted octanol–water partition coefficient (Wildman–Crippen LogP) is 5.76. The molecule has 9 heteroatoms. The minimum absolute atomic E-state index is 0.153. The number of nitrogens with one attached hydrogen (secondary N) is 1. The Labute approximate surface area is 251 Å². The number of anilines is 1. The first-order valence-electron chi connectivity index (χ1n) is 15.1. The van der Waals surface area contributed by atoms with E-state index in [0.29, 0.717) is 49.8 Å². The molecule has 3 amide bonds. The Morgan fingerprint density at radius 3 is 2.36 bits per heavy atom. The van der Waals surface area contributed by atoms with E-state index < -0.39 is 0 Å². The van der Waals surface area contributed by atoms with Crippen molar-refractivity contribution in [2.75, 3.05) is 72.5 Å². The molecule has 1 heterocycles. The van der Waals surface area contributed by atoms with Crippen molar-refractivity contribution in [2.24, 2.45) is 0 Å². The fourth-order valence-corrected chi connectivity index (χ4v) is 5.00. The van der Waals surface area contributed by atoms with Gasteiger partial charge in [0.2, 0.25) is 5.91 Å². The third-order valence-electron chi connectivity index (χ3n) is 7.60. The van der Waals surface area contributed by atoms with E-state index in [9.17, 15) is 9.59 Å². The molecule has 0 atom stereocenters. The lowest BCUT2D eigenvalue weighted by molar-refractivity contribution is -0.131. The molecule has 3 rings (SSSR count). The van der Waals surface area contributed by atoms with E-state index in [2.05, 4.69) is 17.1 Å². The van der Waals surface area contributed by atoms with Crippen molar-refractivity contribution in [3.63, 3.8) is 0 Å². The molecule has 230 valence electrons. The van der Waals surface area contributed by atoms with Gasteiger partial charge in [0.05, 0.1) is 27.0 Å². The number of hydrogen-bond acceptors (Lipinski definition) is 6. The van der Waals surface area contributed by atoms with Gasteiger partial charge in [-0.15, -0.1) is 0 Å². The highest BCUT2D eigenvalue weighted by molar-refractivity contribution is 5.91. The van der Waals surface area contributed by atoms with Gasteiger partial charge in [-0.3, -0.25) is 9.69 Å². The number of amides is 3. The van der Waals surface area contributed by atoms with Gasteiger partial charge in [-0.1, -0.05) is 63.0 Å². The van der Waals surface area contributed by atoms with Gasteiger partial charge in [0.1, 0.15) is 17.2 Å². The normalized spacial score (nSPS) is 13.7. The maximum atomic E-state index is 13.2. The van der Waals surface area contributed by atoms with Crippen LogP contribution >= 0.6 is 0 Å². The Hall–Kier alpha value is -3.72. The lowest BCUT2D eigenvalue weighted by Crippen LogP contribution is -2.51. The molecule has 1 aliphatic rings. The number of carbonyl (C=O) groups is 2. The first-order valence-corrected chi connectivity index (χ1v) is 15.1. The molecule has 2 aromatic carbocycles. The zero-order valence-electron chi connectivity index (χ0n) is 25.8. The minimum Gasteiger partial charge on any atom is -0.497 e. The summed E-state index contributed by atoms with van der Waals surface area (Å²) in [6.07, 6.45) is 10.3. The van der Waals surface area contributed by atoms with Crippen LogP contribution in [0.15, 0.2) is 48.5 Å². The van der Waals surface area contributed by atoms with Gasteiger partial charge in [-0.25, -0.2) is 4.79 Å². The molecule has 0 spiro atoms. The van der Waals surface area contributed by atoms with Gasteiger partial charge >= 0.3 is 6.03 Å². The van der Waals surface area contributed by atoms with E-state index in [4.69, 9.17) is 14.2 Å². The second-order valence-corrected chi connectivity index (χ2v) is 10.5. The van der Waals surface area contributed by atoms with Crippen molar-refractivity contribution in [3.8, 4) is 17.2 Å². The summed E-state index contributed by atoms with van der Waals surface area (Å²) in [5.74, 6) is 2.23. The maximum absolute atomic E-state index is 13.2. The molecule has 1 fully saturated rings. The highest BCUT2D eigenvalue weighted by Crippen LogP contribution is 2.29. The average Bonchev–Trinajstić information content (AvgIpc) is 3.03. The number of urea groups is 1. The third-order valence-corrected chi connectivity index (χ3v) is 7.60. The van der Waals surface area contributed by atoms with E-state index in [0.717, 1.165) is 43.8 Å². The minimum atomic E-state index is -0.153. The largest absolute Gasteiger partial charge is 0.497 e. The number of rotatable bonds is 16. The summed E-state index contributed by atoms with van der Waals surface area (Å²) in [6.45, 7) is 6.91. The SMILES string of the molecule is CCCCCCCC(=O)N(C/C=C/c1ccccc1OC)CCN1CCN(C(=O)Nc2ccc(OC)cc2OC)CC1. The van der Waals surface area contributed by atoms with Crippen LogP contribution < -0.4 is 19.5 Å². The lowest BCUT2D eigenvalue weighted by Gasteiger charge is -2.35. The number of para-hydroxylation sites is 1. The van der Waals surface area contributed by atoms with E-state index in [1.807, 2.05) is 46.2 Å². The molecule has 1 aliphatic heterocycles. The quantitative estimate of drug-likeness (QED) is 0.254. The molecular formula is C33H48N4O5. The van der Waals surface area contributed by atoms with Crippen molar-refractivity contribution in [2.45, 2.75) is 45.4 Å². The fourth-order valence-electron chi connectivity index (χ4n) is 5.00. The molecule has 0 bridgehead atoms. The highest BCUT2D eigenvalue weighted by Gasteiger charge is 2.23. The molecule has 9 nitrogen and oxygen atoms in total. The number of unbranched alkanes of at least 4 members (excludes halogenated alkanes) is 4. The first kappa shape index (κ1) is 32.8. The smallest absolute Gasteiger partial charge is 0.322 e. The summed E-state index contributed by atoms with van der Waals surface area (Å²) in [5.41, 5.74) is 1.60. The number of carbonyl (C=O) groups excluding carboxylic acids is 2. The lowest BCUT2D eigenvalue weighted by atomic mass is 10.1. The number of hydrogen-bond donors (Lipinski definition) is 1. The van der Waals surface area contributed by atoms with E-state index in [1.54, 1.807) is 39.5 Å². The van der Waals surface area contributed by atoms with Gasteiger partial charge < -0.3 is 29.3 Å². The van der Waals surface area contributed by atoms with Crippen LogP contribution in [0, 0.1) is 0 Å². The van der Waals surface area contributed by atoms with Gasteiger partial charge in [-0.2, -0.15) is 0 Å². The maximum Gasteiger partial charge on any atom is 0.322 e.